The topological polar surface area (TPSA) is 59.8 Å². The van der Waals surface area contributed by atoms with E-state index in [0.717, 1.165) is 16.6 Å². The number of hydrogen-bond donors (Lipinski definition) is 1. The van der Waals surface area contributed by atoms with E-state index in [1.807, 2.05) is 18.5 Å². The Morgan fingerprint density at radius 3 is 2.79 bits per heavy atom. The third kappa shape index (κ3) is 3.13. The van der Waals surface area contributed by atoms with Gasteiger partial charge in [-0.3, -0.25) is 4.79 Å². The van der Waals surface area contributed by atoms with Gasteiger partial charge >= 0.3 is 0 Å². The van der Waals surface area contributed by atoms with Gasteiger partial charge in [-0.25, -0.2) is 14.1 Å². The zero-order chi connectivity index (χ0) is 17.3. The van der Waals surface area contributed by atoms with E-state index in [1.54, 1.807) is 37.5 Å². The molecule has 0 unspecified atom stereocenters. The molecule has 0 aliphatic rings. The van der Waals surface area contributed by atoms with E-state index in [1.165, 1.54) is 6.07 Å². The van der Waals surface area contributed by atoms with Gasteiger partial charge in [0.05, 0.1) is 11.8 Å². The van der Waals surface area contributed by atoms with Crippen molar-refractivity contribution in [2.45, 2.75) is 33.4 Å². The maximum absolute atomic E-state index is 13.3. The van der Waals surface area contributed by atoms with E-state index >= 15 is 0 Å². The van der Waals surface area contributed by atoms with Crippen LogP contribution in [-0.2, 0) is 6.54 Å². The highest BCUT2D eigenvalue weighted by Gasteiger charge is 2.11. The number of carbonyl (C=O) groups excluding carboxylic acids is 1. The standard InChI is InChI=1S/C18H19FN4O/c1-11(2)23-17-14(10-22-23)7-15(9-20-17)18(24)21-8-13-4-5-16(19)12(3)6-13/h4-7,9-11H,8H2,1-3H3,(H,21,24). The molecule has 1 aromatic carbocycles. The van der Waals surface area contributed by atoms with Crippen molar-refractivity contribution >= 4 is 16.9 Å². The molecular weight excluding hydrogens is 307 g/mol. The predicted molar refractivity (Wildman–Crippen MR) is 90.2 cm³/mol. The van der Waals surface area contributed by atoms with Crippen LogP contribution < -0.4 is 5.32 Å². The SMILES string of the molecule is Cc1cc(CNC(=O)c2cnc3c(cnn3C(C)C)c2)ccc1F. The molecule has 6 heteroatoms. The van der Waals surface area contributed by atoms with Gasteiger partial charge in [0.15, 0.2) is 5.65 Å². The van der Waals surface area contributed by atoms with Gasteiger partial charge < -0.3 is 5.32 Å². The van der Waals surface area contributed by atoms with Crippen LogP contribution in [0.2, 0.25) is 0 Å². The van der Waals surface area contributed by atoms with Crippen LogP contribution in [0.3, 0.4) is 0 Å². The number of hydrogen-bond acceptors (Lipinski definition) is 3. The second-order valence-electron chi connectivity index (χ2n) is 6.09. The summed E-state index contributed by atoms with van der Waals surface area (Å²) in [6.45, 7) is 6.09. The molecule has 2 aromatic heterocycles. The second kappa shape index (κ2) is 6.39. The minimum atomic E-state index is -0.248. The Hall–Kier alpha value is -2.76. The number of halogens is 1. The average molecular weight is 326 g/mol. The Bertz CT molecular complexity index is 901. The molecule has 1 amide bonds. The lowest BCUT2D eigenvalue weighted by molar-refractivity contribution is 0.0950. The van der Waals surface area contributed by atoms with Gasteiger partial charge in [-0.15, -0.1) is 0 Å². The molecular formula is C18H19FN4O. The molecule has 0 saturated heterocycles. The Labute approximate surface area is 139 Å². The van der Waals surface area contributed by atoms with E-state index < -0.39 is 0 Å². The number of fused-ring (bicyclic) bond motifs is 1. The Balaban J connectivity index is 1.75. The van der Waals surface area contributed by atoms with Crippen LogP contribution in [0, 0.1) is 12.7 Å². The summed E-state index contributed by atoms with van der Waals surface area (Å²) >= 11 is 0. The summed E-state index contributed by atoms with van der Waals surface area (Å²) in [7, 11) is 0. The minimum absolute atomic E-state index is 0.205. The summed E-state index contributed by atoms with van der Waals surface area (Å²) in [5, 5.41) is 7.95. The molecule has 0 saturated carbocycles. The van der Waals surface area contributed by atoms with Gasteiger partial charge in [0.2, 0.25) is 0 Å². The van der Waals surface area contributed by atoms with Crippen LogP contribution in [0.25, 0.3) is 11.0 Å². The molecule has 3 aromatic rings. The van der Waals surface area contributed by atoms with E-state index in [-0.39, 0.29) is 17.8 Å². The number of nitrogens with zero attached hydrogens (tertiary/aromatic N) is 3. The molecule has 0 bridgehead atoms. The molecule has 24 heavy (non-hydrogen) atoms. The fourth-order valence-electron chi connectivity index (χ4n) is 2.54. The molecule has 0 aliphatic carbocycles. The molecule has 0 atom stereocenters. The van der Waals surface area contributed by atoms with Crippen LogP contribution in [0.15, 0.2) is 36.7 Å². The summed E-state index contributed by atoms with van der Waals surface area (Å²) in [4.78, 5) is 16.7. The number of aromatic nitrogens is 3. The fraction of sp³-hybridized carbons (Fsp3) is 0.278. The van der Waals surface area contributed by atoms with Gasteiger partial charge in [0.1, 0.15) is 5.82 Å². The van der Waals surface area contributed by atoms with Crippen LogP contribution in [0.4, 0.5) is 4.39 Å². The molecule has 0 spiro atoms. The third-order valence-electron chi connectivity index (χ3n) is 3.86. The van der Waals surface area contributed by atoms with Gasteiger partial charge in [0, 0.05) is 24.2 Å². The maximum Gasteiger partial charge on any atom is 0.253 e. The summed E-state index contributed by atoms with van der Waals surface area (Å²) in [5.74, 6) is -0.467. The first kappa shape index (κ1) is 16.1. The van der Waals surface area contributed by atoms with Crippen molar-refractivity contribution in [1.82, 2.24) is 20.1 Å². The van der Waals surface area contributed by atoms with Crippen LogP contribution in [0.5, 0.6) is 0 Å². The lowest BCUT2D eigenvalue weighted by Crippen LogP contribution is -2.23. The van der Waals surface area contributed by atoms with Gasteiger partial charge in [-0.1, -0.05) is 12.1 Å². The number of pyridine rings is 1. The zero-order valence-electron chi connectivity index (χ0n) is 13.9. The molecule has 3 rings (SSSR count). The Morgan fingerprint density at radius 2 is 2.08 bits per heavy atom. The molecule has 2 heterocycles. The first-order chi connectivity index (χ1) is 11.5. The maximum atomic E-state index is 13.3. The number of aryl methyl sites for hydroxylation is 1. The first-order valence-corrected chi connectivity index (χ1v) is 7.82. The van der Waals surface area contributed by atoms with E-state index in [9.17, 15) is 9.18 Å². The minimum Gasteiger partial charge on any atom is -0.348 e. The Kier molecular flexibility index (Phi) is 4.29. The number of amides is 1. The van der Waals surface area contributed by atoms with Gasteiger partial charge in [-0.2, -0.15) is 5.10 Å². The highest BCUT2D eigenvalue weighted by molar-refractivity contribution is 5.96. The average Bonchev–Trinajstić information content (AvgIpc) is 2.99. The number of benzene rings is 1. The number of nitrogens with one attached hydrogen (secondary N) is 1. The van der Waals surface area contributed by atoms with Crippen LogP contribution >= 0.6 is 0 Å². The zero-order valence-corrected chi connectivity index (χ0v) is 13.9. The number of carbonyl (C=O) groups is 1. The molecule has 5 nitrogen and oxygen atoms in total. The first-order valence-electron chi connectivity index (χ1n) is 7.82. The summed E-state index contributed by atoms with van der Waals surface area (Å²) in [6.07, 6.45) is 3.26. The largest absolute Gasteiger partial charge is 0.348 e. The molecule has 1 N–H and O–H groups in total. The number of rotatable bonds is 4. The Morgan fingerprint density at radius 1 is 1.29 bits per heavy atom. The molecule has 0 radical (unpaired) electrons. The van der Waals surface area contributed by atoms with E-state index in [2.05, 4.69) is 15.4 Å². The monoisotopic (exact) mass is 326 g/mol. The summed E-state index contributed by atoms with van der Waals surface area (Å²) in [6, 6.07) is 6.78. The summed E-state index contributed by atoms with van der Waals surface area (Å²) < 4.78 is 15.1. The summed E-state index contributed by atoms with van der Waals surface area (Å²) in [5.41, 5.74) is 2.65. The highest BCUT2D eigenvalue weighted by Crippen LogP contribution is 2.17. The second-order valence-corrected chi connectivity index (χ2v) is 6.09. The smallest absolute Gasteiger partial charge is 0.253 e. The van der Waals surface area contributed by atoms with E-state index in [4.69, 9.17) is 0 Å². The van der Waals surface area contributed by atoms with E-state index in [0.29, 0.717) is 17.7 Å². The van der Waals surface area contributed by atoms with Crippen molar-refractivity contribution in [3.8, 4) is 0 Å². The highest BCUT2D eigenvalue weighted by atomic mass is 19.1. The van der Waals surface area contributed by atoms with Gasteiger partial charge in [0.25, 0.3) is 5.91 Å². The van der Waals surface area contributed by atoms with Gasteiger partial charge in [-0.05, 0) is 44.0 Å². The lowest BCUT2D eigenvalue weighted by Gasteiger charge is -2.08. The molecule has 0 fully saturated rings. The predicted octanol–water partition coefficient (Wildman–Crippen LogP) is 3.39. The molecule has 124 valence electrons. The van der Waals surface area contributed by atoms with Crippen molar-refractivity contribution in [3.63, 3.8) is 0 Å². The van der Waals surface area contributed by atoms with Crippen molar-refractivity contribution in [2.24, 2.45) is 0 Å². The molecule has 0 aliphatic heterocycles. The van der Waals surface area contributed by atoms with Crippen LogP contribution in [-0.4, -0.2) is 20.7 Å². The van der Waals surface area contributed by atoms with Crippen molar-refractivity contribution in [2.75, 3.05) is 0 Å². The third-order valence-corrected chi connectivity index (χ3v) is 3.86. The fourth-order valence-corrected chi connectivity index (χ4v) is 2.54. The normalized spacial score (nSPS) is 11.2. The van der Waals surface area contributed by atoms with Crippen molar-refractivity contribution in [1.29, 1.82) is 0 Å². The quantitative estimate of drug-likeness (QED) is 0.799. The van der Waals surface area contributed by atoms with Crippen molar-refractivity contribution < 1.29 is 9.18 Å². The lowest BCUT2D eigenvalue weighted by atomic mass is 10.1. The van der Waals surface area contributed by atoms with Crippen LogP contribution in [0.1, 0.15) is 41.4 Å². The van der Waals surface area contributed by atoms with Crippen molar-refractivity contribution in [3.05, 3.63) is 59.2 Å².